The van der Waals surface area contributed by atoms with Crippen LogP contribution < -0.4 is 4.72 Å². The number of nitrogens with one attached hydrogen (secondary N) is 1. The van der Waals surface area contributed by atoms with Gasteiger partial charge in [0, 0.05) is 6.04 Å². The average molecular weight is 211 g/mol. The molecule has 0 radical (unpaired) electrons. The molecule has 1 aliphatic rings. The smallest absolute Gasteiger partial charge is 0.211 e. The van der Waals surface area contributed by atoms with Gasteiger partial charge in [-0.3, -0.25) is 0 Å². The van der Waals surface area contributed by atoms with Crippen LogP contribution >= 0.6 is 0 Å². The Balaban J connectivity index is 2.01. The summed E-state index contributed by atoms with van der Waals surface area (Å²) in [5.41, 5.74) is 1.18. The highest BCUT2D eigenvalue weighted by molar-refractivity contribution is 7.89. The van der Waals surface area contributed by atoms with Crippen LogP contribution in [0.25, 0.3) is 0 Å². The van der Waals surface area contributed by atoms with Crippen LogP contribution in [0.15, 0.2) is 30.3 Å². The Bertz CT molecular complexity index is 399. The molecule has 1 aromatic carbocycles. The molecule has 3 nitrogen and oxygen atoms in total. The number of hydrogen-bond acceptors (Lipinski definition) is 2. The van der Waals surface area contributed by atoms with Gasteiger partial charge in [-0.25, -0.2) is 13.1 Å². The van der Waals surface area contributed by atoms with Gasteiger partial charge in [-0.1, -0.05) is 30.3 Å². The van der Waals surface area contributed by atoms with Crippen molar-refractivity contribution in [1.82, 2.24) is 4.72 Å². The second-order valence-corrected chi connectivity index (χ2v) is 5.49. The van der Waals surface area contributed by atoms with Crippen LogP contribution in [0.5, 0.6) is 0 Å². The largest absolute Gasteiger partial charge is 0.212 e. The molecule has 0 unspecified atom stereocenters. The Kier molecular flexibility index (Phi) is 2.56. The van der Waals surface area contributed by atoms with Gasteiger partial charge in [0.1, 0.15) is 0 Å². The second kappa shape index (κ2) is 3.71. The van der Waals surface area contributed by atoms with Crippen molar-refractivity contribution in [2.45, 2.75) is 18.9 Å². The van der Waals surface area contributed by atoms with E-state index in [-0.39, 0.29) is 11.8 Å². The lowest BCUT2D eigenvalue weighted by atomic mass is 10.1. The molecule has 2 rings (SSSR count). The SMILES string of the molecule is O=S1(=O)CC[C@@H](Cc2ccccc2)N1. The predicted molar refractivity (Wildman–Crippen MR) is 55.5 cm³/mol. The van der Waals surface area contributed by atoms with Crippen molar-refractivity contribution in [2.24, 2.45) is 0 Å². The van der Waals surface area contributed by atoms with Gasteiger partial charge in [-0.05, 0) is 18.4 Å². The fourth-order valence-electron chi connectivity index (χ4n) is 1.71. The van der Waals surface area contributed by atoms with E-state index in [9.17, 15) is 8.42 Å². The molecule has 1 saturated heterocycles. The normalized spacial score (nSPS) is 25.0. The van der Waals surface area contributed by atoms with Crippen LogP contribution in [0.2, 0.25) is 0 Å². The van der Waals surface area contributed by atoms with Crippen molar-refractivity contribution < 1.29 is 8.42 Å². The van der Waals surface area contributed by atoms with E-state index >= 15 is 0 Å². The molecular formula is C10H13NO2S. The Hall–Kier alpha value is -0.870. The van der Waals surface area contributed by atoms with Crippen LogP contribution in [0.3, 0.4) is 0 Å². The molecule has 1 fully saturated rings. The number of hydrogen-bond donors (Lipinski definition) is 1. The van der Waals surface area contributed by atoms with Crippen molar-refractivity contribution in [3.05, 3.63) is 35.9 Å². The van der Waals surface area contributed by atoms with Gasteiger partial charge < -0.3 is 0 Å². The quantitative estimate of drug-likeness (QED) is 0.790. The molecule has 0 amide bonds. The standard InChI is InChI=1S/C10H13NO2S/c12-14(13)7-6-10(11-14)8-9-4-2-1-3-5-9/h1-5,10-11H,6-8H2/t10-/m0/s1. The van der Waals surface area contributed by atoms with Crippen LogP contribution in [0, 0.1) is 0 Å². The zero-order chi connectivity index (χ0) is 10.0. The first-order chi connectivity index (χ1) is 6.66. The van der Waals surface area contributed by atoms with Gasteiger partial charge >= 0.3 is 0 Å². The van der Waals surface area contributed by atoms with Gasteiger partial charge in [-0.15, -0.1) is 0 Å². The third kappa shape index (κ3) is 2.33. The van der Waals surface area contributed by atoms with Crippen molar-refractivity contribution in [3.63, 3.8) is 0 Å². The predicted octanol–water partition coefficient (Wildman–Crippen LogP) is 0.921. The molecule has 4 heteroatoms. The van der Waals surface area contributed by atoms with E-state index in [0.717, 1.165) is 12.8 Å². The highest BCUT2D eigenvalue weighted by Crippen LogP contribution is 2.12. The third-order valence-electron chi connectivity index (χ3n) is 2.41. The number of benzene rings is 1. The maximum absolute atomic E-state index is 11.1. The van der Waals surface area contributed by atoms with Gasteiger partial charge in [-0.2, -0.15) is 0 Å². The summed E-state index contributed by atoms with van der Waals surface area (Å²) < 4.78 is 24.9. The van der Waals surface area contributed by atoms with Gasteiger partial charge in [0.25, 0.3) is 0 Å². The highest BCUT2D eigenvalue weighted by Gasteiger charge is 2.26. The number of sulfonamides is 1. The molecule has 1 aliphatic heterocycles. The summed E-state index contributed by atoms with van der Waals surface area (Å²) >= 11 is 0. The number of rotatable bonds is 2. The summed E-state index contributed by atoms with van der Waals surface area (Å²) in [4.78, 5) is 0. The zero-order valence-electron chi connectivity index (χ0n) is 7.81. The molecule has 1 heterocycles. The molecule has 0 bridgehead atoms. The van der Waals surface area contributed by atoms with E-state index in [1.807, 2.05) is 30.3 Å². The Morgan fingerprint density at radius 1 is 1.29 bits per heavy atom. The maximum atomic E-state index is 11.1. The molecule has 0 saturated carbocycles. The van der Waals surface area contributed by atoms with Gasteiger partial charge in [0.15, 0.2) is 0 Å². The van der Waals surface area contributed by atoms with Crippen LogP contribution in [-0.2, 0) is 16.4 Å². The zero-order valence-corrected chi connectivity index (χ0v) is 8.63. The van der Waals surface area contributed by atoms with Crippen LogP contribution in [0.4, 0.5) is 0 Å². The van der Waals surface area contributed by atoms with E-state index in [0.29, 0.717) is 0 Å². The molecule has 1 atom stereocenters. The van der Waals surface area contributed by atoms with E-state index in [1.165, 1.54) is 5.56 Å². The van der Waals surface area contributed by atoms with Crippen molar-refractivity contribution in [1.29, 1.82) is 0 Å². The first-order valence-corrected chi connectivity index (χ1v) is 6.35. The lowest BCUT2D eigenvalue weighted by Gasteiger charge is -2.07. The maximum Gasteiger partial charge on any atom is 0.211 e. The summed E-state index contributed by atoms with van der Waals surface area (Å²) in [7, 11) is -2.97. The summed E-state index contributed by atoms with van der Waals surface area (Å²) in [5.74, 6) is 0.268. The van der Waals surface area contributed by atoms with Crippen LogP contribution in [-0.4, -0.2) is 20.2 Å². The first-order valence-electron chi connectivity index (χ1n) is 4.70. The minimum Gasteiger partial charge on any atom is -0.212 e. The molecule has 76 valence electrons. The minimum atomic E-state index is -2.97. The summed E-state index contributed by atoms with van der Waals surface area (Å²) in [6, 6.07) is 10.0. The Morgan fingerprint density at radius 3 is 2.57 bits per heavy atom. The summed E-state index contributed by atoms with van der Waals surface area (Å²) in [6.07, 6.45) is 1.51. The topological polar surface area (TPSA) is 46.2 Å². The van der Waals surface area contributed by atoms with Gasteiger partial charge in [0.2, 0.25) is 10.0 Å². The monoisotopic (exact) mass is 211 g/mol. The second-order valence-electron chi connectivity index (χ2n) is 3.61. The van der Waals surface area contributed by atoms with E-state index < -0.39 is 10.0 Å². The molecule has 0 spiro atoms. The van der Waals surface area contributed by atoms with Crippen LogP contribution in [0.1, 0.15) is 12.0 Å². The first kappa shape index (κ1) is 9.68. The molecule has 0 aromatic heterocycles. The Labute approximate surface area is 84.2 Å². The van der Waals surface area contributed by atoms with Crippen molar-refractivity contribution in [2.75, 3.05) is 5.75 Å². The minimum absolute atomic E-state index is 0.0856. The summed E-state index contributed by atoms with van der Waals surface area (Å²) in [5, 5.41) is 0. The lowest BCUT2D eigenvalue weighted by Crippen LogP contribution is -2.27. The van der Waals surface area contributed by atoms with E-state index in [1.54, 1.807) is 0 Å². The van der Waals surface area contributed by atoms with Crippen molar-refractivity contribution >= 4 is 10.0 Å². The molecule has 1 N–H and O–H groups in total. The van der Waals surface area contributed by atoms with Crippen molar-refractivity contribution in [3.8, 4) is 0 Å². The molecule has 0 aliphatic carbocycles. The highest BCUT2D eigenvalue weighted by atomic mass is 32.2. The fourth-order valence-corrected chi connectivity index (χ4v) is 3.13. The lowest BCUT2D eigenvalue weighted by molar-refractivity contribution is 0.579. The van der Waals surface area contributed by atoms with E-state index in [4.69, 9.17) is 0 Å². The summed E-state index contributed by atoms with van der Waals surface area (Å²) in [6.45, 7) is 0. The Morgan fingerprint density at radius 2 is 2.00 bits per heavy atom. The van der Waals surface area contributed by atoms with Gasteiger partial charge in [0.05, 0.1) is 5.75 Å². The third-order valence-corrected chi connectivity index (χ3v) is 3.87. The average Bonchev–Trinajstić information content (AvgIpc) is 2.47. The molecule has 1 aromatic rings. The van der Waals surface area contributed by atoms with E-state index in [2.05, 4.69) is 4.72 Å². The molecular weight excluding hydrogens is 198 g/mol. The fraction of sp³-hybridized carbons (Fsp3) is 0.400. The molecule has 14 heavy (non-hydrogen) atoms.